The maximum absolute atomic E-state index is 12.5. The van der Waals surface area contributed by atoms with Crippen LogP contribution in [0, 0.1) is 0 Å². The van der Waals surface area contributed by atoms with Gasteiger partial charge in [-0.2, -0.15) is 0 Å². The first kappa shape index (κ1) is 17.7. The fourth-order valence-electron chi connectivity index (χ4n) is 3.26. The summed E-state index contributed by atoms with van der Waals surface area (Å²) in [6, 6.07) is 4.17. The molecule has 0 unspecified atom stereocenters. The van der Waals surface area contributed by atoms with E-state index in [1.807, 2.05) is 4.90 Å². The number of carbonyl (C=O) groups excluding carboxylic acids is 1. The highest BCUT2D eigenvalue weighted by Gasteiger charge is 2.27. The Morgan fingerprint density at radius 2 is 2.00 bits per heavy atom. The van der Waals surface area contributed by atoms with Crippen molar-refractivity contribution < 1.29 is 13.2 Å². The first-order chi connectivity index (χ1) is 11.5. The summed E-state index contributed by atoms with van der Waals surface area (Å²) in [6.45, 7) is 4.32. The SMILES string of the molecule is O=C(NC1CCS(=O)(=O)CC1)N1CCCN(Cc2cccs2)CC1. The molecule has 1 aromatic rings. The van der Waals surface area contributed by atoms with E-state index in [0.29, 0.717) is 12.8 Å². The molecule has 0 atom stereocenters. The van der Waals surface area contributed by atoms with E-state index in [-0.39, 0.29) is 23.6 Å². The summed E-state index contributed by atoms with van der Waals surface area (Å²) < 4.78 is 22.9. The van der Waals surface area contributed by atoms with Gasteiger partial charge in [-0.05, 0) is 30.7 Å². The minimum absolute atomic E-state index is 0.00787. The van der Waals surface area contributed by atoms with Crippen LogP contribution in [0.25, 0.3) is 0 Å². The van der Waals surface area contributed by atoms with Crippen LogP contribution in [0.15, 0.2) is 17.5 Å². The summed E-state index contributed by atoms with van der Waals surface area (Å²) in [4.78, 5) is 18.1. The Hall–Kier alpha value is -1.12. The van der Waals surface area contributed by atoms with Crippen molar-refractivity contribution in [2.75, 3.05) is 37.7 Å². The maximum atomic E-state index is 12.5. The zero-order valence-corrected chi connectivity index (χ0v) is 15.4. The lowest BCUT2D eigenvalue weighted by Crippen LogP contribution is -2.48. The maximum Gasteiger partial charge on any atom is 0.317 e. The summed E-state index contributed by atoms with van der Waals surface area (Å²) in [5.74, 6) is 0.374. The molecule has 2 amide bonds. The molecule has 134 valence electrons. The van der Waals surface area contributed by atoms with E-state index in [9.17, 15) is 13.2 Å². The lowest BCUT2D eigenvalue weighted by Gasteiger charge is -2.27. The molecule has 0 aliphatic carbocycles. The molecule has 24 heavy (non-hydrogen) atoms. The molecule has 0 bridgehead atoms. The molecule has 3 rings (SSSR count). The van der Waals surface area contributed by atoms with Gasteiger partial charge in [-0.3, -0.25) is 4.90 Å². The Morgan fingerprint density at radius 1 is 1.21 bits per heavy atom. The molecule has 8 heteroatoms. The van der Waals surface area contributed by atoms with Crippen LogP contribution in [0.2, 0.25) is 0 Å². The number of urea groups is 1. The van der Waals surface area contributed by atoms with Gasteiger partial charge in [-0.1, -0.05) is 6.07 Å². The Bertz CT molecular complexity index is 632. The van der Waals surface area contributed by atoms with Gasteiger partial charge in [-0.15, -0.1) is 11.3 Å². The molecule has 0 radical (unpaired) electrons. The van der Waals surface area contributed by atoms with Crippen LogP contribution in [0.4, 0.5) is 4.79 Å². The van der Waals surface area contributed by atoms with E-state index in [0.717, 1.165) is 39.1 Å². The number of hydrogen-bond acceptors (Lipinski definition) is 5. The van der Waals surface area contributed by atoms with Crippen LogP contribution >= 0.6 is 11.3 Å². The predicted molar refractivity (Wildman–Crippen MR) is 96.0 cm³/mol. The Kier molecular flexibility index (Phi) is 5.78. The topological polar surface area (TPSA) is 69.7 Å². The summed E-state index contributed by atoms with van der Waals surface area (Å²) in [7, 11) is -2.88. The average Bonchev–Trinajstić information content (AvgIpc) is 2.94. The van der Waals surface area contributed by atoms with E-state index in [2.05, 4.69) is 27.7 Å². The number of thiophene rings is 1. The van der Waals surface area contributed by atoms with Gasteiger partial charge in [0.25, 0.3) is 0 Å². The van der Waals surface area contributed by atoms with Crippen molar-refractivity contribution in [2.45, 2.75) is 31.8 Å². The zero-order chi connectivity index (χ0) is 17.0. The third kappa shape index (κ3) is 4.94. The predicted octanol–water partition coefficient (Wildman–Crippen LogP) is 1.54. The van der Waals surface area contributed by atoms with Crippen molar-refractivity contribution >= 4 is 27.2 Å². The van der Waals surface area contributed by atoms with Crippen LogP contribution < -0.4 is 5.32 Å². The van der Waals surface area contributed by atoms with Gasteiger partial charge in [0.15, 0.2) is 0 Å². The summed E-state index contributed by atoms with van der Waals surface area (Å²) >= 11 is 1.77. The summed E-state index contributed by atoms with van der Waals surface area (Å²) in [5, 5.41) is 5.12. The molecule has 2 aliphatic rings. The van der Waals surface area contributed by atoms with Crippen molar-refractivity contribution in [3.63, 3.8) is 0 Å². The monoisotopic (exact) mass is 371 g/mol. The molecular formula is C16H25N3O3S2. The van der Waals surface area contributed by atoms with Gasteiger partial charge in [0, 0.05) is 43.6 Å². The number of nitrogens with zero attached hydrogens (tertiary/aromatic N) is 2. The molecule has 1 aromatic heterocycles. The molecule has 0 saturated carbocycles. The summed E-state index contributed by atoms with van der Waals surface area (Å²) in [6.07, 6.45) is 2.04. The van der Waals surface area contributed by atoms with Gasteiger partial charge in [0.2, 0.25) is 0 Å². The fraction of sp³-hybridized carbons (Fsp3) is 0.688. The molecule has 2 fully saturated rings. The molecule has 0 spiro atoms. The Labute approximate surface area is 147 Å². The van der Waals surface area contributed by atoms with Crippen molar-refractivity contribution in [1.82, 2.24) is 15.1 Å². The quantitative estimate of drug-likeness (QED) is 0.875. The van der Waals surface area contributed by atoms with Gasteiger partial charge < -0.3 is 10.2 Å². The highest BCUT2D eigenvalue weighted by atomic mass is 32.2. The standard InChI is InChI=1S/C16H25N3O3S2/c20-16(17-14-4-11-24(21,22)12-5-14)19-7-2-6-18(8-9-19)13-15-3-1-10-23-15/h1,3,10,14H,2,4-9,11-13H2,(H,17,20). The van der Waals surface area contributed by atoms with Crippen LogP contribution in [-0.4, -0.2) is 68.0 Å². The van der Waals surface area contributed by atoms with Crippen LogP contribution in [0.5, 0.6) is 0 Å². The second-order valence-corrected chi connectivity index (χ2v) is 9.91. The molecule has 1 N–H and O–H groups in total. The van der Waals surface area contributed by atoms with Gasteiger partial charge in [-0.25, -0.2) is 13.2 Å². The first-order valence-corrected chi connectivity index (χ1v) is 11.2. The Balaban J connectivity index is 1.46. The fourth-order valence-corrected chi connectivity index (χ4v) is 5.49. The third-order valence-corrected chi connectivity index (χ3v) is 7.29. The zero-order valence-electron chi connectivity index (χ0n) is 13.8. The molecule has 2 saturated heterocycles. The Morgan fingerprint density at radius 3 is 2.71 bits per heavy atom. The van der Waals surface area contributed by atoms with Gasteiger partial charge in [0.05, 0.1) is 11.5 Å². The van der Waals surface area contributed by atoms with Crippen LogP contribution in [0.3, 0.4) is 0 Å². The van der Waals surface area contributed by atoms with Crippen molar-refractivity contribution in [3.8, 4) is 0 Å². The second kappa shape index (κ2) is 7.84. The van der Waals surface area contributed by atoms with E-state index in [4.69, 9.17) is 0 Å². The molecular weight excluding hydrogens is 346 g/mol. The van der Waals surface area contributed by atoms with E-state index >= 15 is 0 Å². The average molecular weight is 372 g/mol. The normalized spacial score (nSPS) is 22.9. The first-order valence-electron chi connectivity index (χ1n) is 8.52. The number of sulfone groups is 1. The van der Waals surface area contributed by atoms with E-state index < -0.39 is 9.84 Å². The van der Waals surface area contributed by atoms with Crippen LogP contribution in [-0.2, 0) is 16.4 Å². The minimum atomic E-state index is -2.88. The smallest absolute Gasteiger partial charge is 0.317 e. The number of rotatable bonds is 3. The van der Waals surface area contributed by atoms with E-state index in [1.54, 1.807) is 11.3 Å². The highest BCUT2D eigenvalue weighted by Crippen LogP contribution is 2.15. The number of nitrogens with one attached hydrogen (secondary N) is 1. The largest absolute Gasteiger partial charge is 0.335 e. The van der Waals surface area contributed by atoms with Crippen molar-refractivity contribution in [3.05, 3.63) is 22.4 Å². The summed E-state index contributed by atoms with van der Waals surface area (Å²) in [5.41, 5.74) is 0. The number of hydrogen-bond donors (Lipinski definition) is 1. The molecule has 2 aliphatic heterocycles. The molecule has 0 aromatic carbocycles. The number of amides is 2. The second-order valence-electron chi connectivity index (χ2n) is 6.57. The van der Waals surface area contributed by atoms with E-state index in [1.165, 1.54) is 4.88 Å². The number of carbonyl (C=O) groups is 1. The molecule has 6 nitrogen and oxygen atoms in total. The van der Waals surface area contributed by atoms with Gasteiger partial charge >= 0.3 is 6.03 Å². The highest BCUT2D eigenvalue weighted by molar-refractivity contribution is 7.91. The van der Waals surface area contributed by atoms with Gasteiger partial charge in [0.1, 0.15) is 9.84 Å². The van der Waals surface area contributed by atoms with Crippen molar-refractivity contribution in [1.29, 1.82) is 0 Å². The lowest BCUT2D eigenvalue weighted by molar-refractivity contribution is 0.192. The molecule has 3 heterocycles. The third-order valence-electron chi connectivity index (χ3n) is 4.72. The minimum Gasteiger partial charge on any atom is -0.335 e. The van der Waals surface area contributed by atoms with Crippen molar-refractivity contribution in [2.24, 2.45) is 0 Å². The van der Waals surface area contributed by atoms with Crippen LogP contribution in [0.1, 0.15) is 24.1 Å². The lowest BCUT2D eigenvalue weighted by atomic mass is 10.1.